The molecule has 0 aliphatic rings. The number of carbonyl (C=O) groups is 1. The van der Waals surface area contributed by atoms with Gasteiger partial charge in [0.05, 0.1) is 12.6 Å². The molecule has 33 heavy (non-hydrogen) atoms. The number of aromatic nitrogens is 3. The van der Waals surface area contributed by atoms with E-state index in [1.807, 2.05) is 67.2 Å². The molecule has 1 aromatic carbocycles. The largest absolute Gasteiger partial charge is 0.375 e. The third-order valence-electron chi connectivity index (χ3n) is 5.27. The normalized spacial score (nSPS) is 13.6. The summed E-state index contributed by atoms with van der Waals surface area (Å²) >= 11 is 1.50. The molecular weight excluding hydrogens is 441 g/mol. The summed E-state index contributed by atoms with van der Waals surface area (Å²) in [6, 6.07) is 9.51. The Morgan fingerprint density at radius 1 is 1.30 bits per heavy atom. The fraction of sp³-hybridized carbons (Fsp3) is 0.458. The summed E-state index contributed by atoms with van der Waals surface area (Å²) in [7, 11) is 1.45. The first-order valence-corrected chi connectivity index (χ1v) is 11.8. The minimum atomic E-state index is -1.35. The van der Waals surface area contributed by atoms with Gasteiger partial charge < -0.3 is 19.9 Å². The number of amides is 1. The second-order valence-corrected chi connectivity index (χ2v) is 9.91. The van der Waals surface area contributed by atoms with Crippen LogP contribution in [0.2, 0.25) is 0 Å². The summed E-state index contributed by atoms with van der Waals surface area (Å²) in [6.07, 6.45) is 2.33. The fourth-order valence-corrected chi connectivity index (χ4v) is 4.44. The first-order chi connectivity index (χ1) is 15.7. The second kappa shape index (κ2) is 11.0. The lowest BCUT2D eigenvalue weighted by molar-refractivity contribution is -0.141. The number of nitrogens with two attached hydrogens (primary N) is 1. The molecule has 9 heteroatoms. The van der Waals surface area contributed by atoms with Gasteiger partial charge in [0.15, 0.2) is 0 Å². The van der Waals surface area contributed by atoms with E-state index in [1.165, 1.54) is 23.3 Å². The minimum Gasteiger partial charge on any atom is -0.375 e. The van der Waals surface area contributed by atoms with Crippen LogP contribution in [0.1, 0.15) is 38.2 Å². The molecule has 0 saturated heterocycles. The van der Waals surface area contributed by atoms with Gasteiger partial charge in [-0.15, -0.1) is 11.3 Å². The number of thiazole rings is 1. The summed E-state index contributed by atoms with van der Waals surface area (Å²) in [5.74, 6) is 0.365. The van der Waals surface area contributed by atoms with Gasteiger partial charge >= 0.3 is 0 Å². The number of carbonyl (C=O) groups excluding carboxylic acids is 1. The molecule has 3 rings (SSSR count). The molecule has 0 fully saturated rings. The molecule has 3 aromatic rings. The number of hydrogen-bond donors (Lipinski definition) is 1. The molecule has 0 unspecified atom stereocenters. The van der Waals surface area contributed by atoms with Crippen molar-refractivity contribution in [3.63, 3.8) is 0 Å². The standard InChI is InChI=1S/C24H32FN5O2S/c1-24(2,3)21(30(14-18(25)12-26)20(31)16-32-4)22-28-19(23-27-10-11-33-23)15-29(22)13-17-8-6-5-7-9-17/h5-11,15,18,21H,12-14,16,26H2,1-4H3/t18-,21-/m0/s1. The second-order valence-electron chi connectivity index (χ2n) is 9.02. The molecule has 2 heterocycles. The molecule has 2 aromatic heterocycles. The van der Waals surface area contributed by atoms with E-state index in [0.717, 1.165) is 16.3 Å². The van der Waals surface area contributed by atoms with E-state index < -0.39 is 17.6 Å². The lowest BCUT2D eigenvalue weighted by Gasteiger charge is -2.40. The molecule has 0 spiro atoms. The first-order valence-electron chi connectivity index (χ1n) is 10.9. The molecule has 7 nitrogen and oxygen atoms in total. The fourth-order valence-electron chi connectivity index (χ4n) is 3.85. The molecule has 0 saturated carbocycles. The van der Waals surface area contributed by atoms with Gasteiger partial charge in [-0.1, -0.05) is 51.1 Å². The van der Waals surface area contributed by atoms with Crippen LogP contribution in [0.4, 0.5) is 4.39 Å². The zero-order chi connectivity index (χ0) is 24.0. The Morgan fingerprint density at radius 3 is 2.61 bits per heavy atom. The van der Waals surface area contributed by atoms with Crippen molar-refractivity contribution in [2.24, 2.45) is 11.1 Å². The topological polar surface area (TPSA) is 86.3 Å². The summed E-state index contributed by atoms with van der Waals surface area (Å²) in [5.41, 5.74) is 6.94. The predicted molar refractivity (Wildman–Crippen MR) is 129 cm³/mol. The van der Waals surface area contributed by atoms with Gasteiger partial charge in [0, 0.05) is 38.0 Å². The van der Waals surface area contributed by atoms with Crippen LogP contribution in [0.25, 0.3) is 10.7 Å². The number of halogens is 1. The molecular formula is C24H32FN5O2S. The van der Waals surface area contributed by atoms with Crippen molar-refractivity contribution >= 4 is 17.2 Å². The molecule has 0 bridgehead atoms. The molecule has 0 aliphatic carbocycles. The number of ether oxygens (including phenoxy) is 1. The summed E-state index contributed by atoms with van der Waals surface area (Å²) in [6.45, 7) is 6.16. The van der Waals surface area contributed by atoms with Crippen LogP contribution in [0.3, 0.4) is 0 Å². The first kappa shape index (κ1) is 25.0. The van der Waals surface area contributed by atoms with Gasteiger partial charge in [0.1, 0.15) is 29.3 Å². The van der Waals surface area contributed by atoms with Crippen LogP contribution < -0.4 is 5.73 Å². The number of benzene rings is 1. The quantitative estimate of drug-likeness (QED) is 0.482. The summed E-state index contributed by atoms with van der Waals surface area (Å²) < 4.78 is 21.7. The van der Waals surface area contributed by atoms with E-state index in [9.17, 15) is 9.18 Å². The number of methoxy groups -OCH3 is 1. The highest BCUT2D eigenvalue weighted by molar-refractivity contribution is 7.13. The van der Waals surface area contributed by atoms with Gasteiger partial charge in [0.25, 0.3) is 0 Å². The minimum absolute atomic E-state index is 0.134. The zero-order valence-corrected chi connectivity index (χ0v) is 20.4. The van der Waals surface area contributed by atoms with Crippen molar-refractivity contribution in [2.45, 2.75) is 39.5 Å². The average Bonchev–Trinajstić information content (AvgIpc) is 3.44. The Hall–Kier alpha value is -2.62. The SMILES string of the molecule is COCC(=O)N(C[C@@H](F)CN)[C@@H](c1nc(-c2nccs2)cn1Cc1ccccc1)C(C)(C)C. The van der Waals surface area contributed by atoms with Gasteiger partial charge in [-0.25, -0.2) is 14.4 Å². The number of nitrogens with zero attached hydrogens (tertiary/aromatic N) is 4. The Labute approximate surface area is 198 Å². The predicted octanol–water partition coefficient (Wildman–Crippen LogP) is 3.91. The van der Waals surface area contributed by atoms with Crippen molar-refractivity contribution in [3.05, 3.63) is 59.5 Å². The van der Waals surface area contributed by atoms with E-state index in [0.29, 0.717) is 12.4 Å². The van der Waals surface area contributed by atoms with Gasteiger partial charge in [-0.05, 0) is 11.0 Å². The maximum absolute atomic E-state index is 14.5. The Morgan fingerprint density at radius 2 is 2.03 bits per heavy atom. The van der Waals surface area contributed by atoms with Crippen LogP contribution in [0.5, 0.6) is 0 Å². The van der Waals surface area contributed by atoms with Crippen LogP contribution in [0.15, 0.2) is 48.1 Å². The summed E-state index contributed by atoms with van der Waals surface area (Å²) in [5, 5.41) is 2.69. The Balaban J connectivity index is 2.14. The van der Waals surface area contributed by atoms with Gasteiger partial charge in [0.2, 0.25) is 5.91 Å². The molecule has 178 valence electrons. The van der Waals surface area contributed by atoms with Crippen molar-refractivity contribution in [1.82, 2.24) is 19.4 Å². The van der Waals surface area contributed by atoms with Gasteiger partial charge in [-0.2, -0.15) is 0 Å². The van der Waals surface area contributed by atoms with E-state index >= 15 is 0 Å². The highest BCUT2D eigenvalue weighted by Gasteiger charge is 2.39. The van der Waals surface area contributed by atoms with Gasteiger partial charge in [-0.3, -0.25) is 4.79 Å². The summed E-state index contributed by atoms with van der Waals surface area (Å²) in [4.78, 5) is 24.0. The van der Waals surface area contributed by atoms with E-state index in [-0.39, 0.29) is 25.6 Å². The lowest BCUT2D eigenvalue weighted by atomic mass is 9.84. The molecule has 2 N–H and O–H groups in total. The maximum atomic E-state index is 14.5. The van der Waals surface area contributed by atoms with E-state index in [2.05, 4.69) is 4.98 Å². The van der Waals surface area contributed by atoms with E-state index in [1.54, 1.807) is 6.20 Å². The smallest absolute Gasteiger partial charge is 0.249 e. The molecule has 0 aliphatic heterocycles. The lowest BCUT2D eigenvalue weighted by Crippen LogP contribution is -2.47. The monoisotopic (exact) mass is 473 g/mol. The van der Waals surface area contributed by atoms with Crippen LogP contribution in [0, 0.1) is 5.41 Å². The van der Waals surface area contributed by atoms with Crippen LogP contribution in [-0.2, 0) is 16.1 Å². The zero-order valence-electron chi connectivity index (χ0n) is 19.6. The molecule has 0 radical (unpaired) electrons. The maximum Gasteiger partial charge on any atom is 0.249 e. The number of rotatable bonds is 10. The number of alkyl halides is 1. The Kier molecular flexibility index (Phi) is 8.34. The highest BCUT2D eigenvalue weighted by atomic mass is 32.1. The molecule has 1 amide bonds. The number of hydrogen-bond acceptors (Lipinski definition) is 6. The van der Waals surface area contributed by atoms with Crippen molar-refractivity contribution in [2.75, 3.05) is 26.8 Å². The van der Waals surface area contributed by atoms with E-state index in [4.69, 9.17) is 15.5 Å². The van der Waals surface area contributed by atoms with Crippen LogP contribution in [-0.4, -0.2) is 58.3 Å². The Bertz CT molecular complexity index is 1020. The molecule has 2 atom stereocenters. The van der Waals surface area contributed by atoms with Crippen molar-refractivity contribution in [1.29, 1.82) is 0 Å². The number of imidazole rings is 1. The van der Waals surface area contributed by atoms with Crippen LogP contribution >= 0.6 is 11.3 Å². The van der Waals surface area contributed by atoms with Crippen molar-refractivity contribution in [3.8, 4) is 10.7 Å². The third-order valence-corrected chi connectivity index (χ3v) is 6.07. The third kappa shape index (κ3) is 6.25. The highest BCUT2D eigenvalue weighted by Crippen LogP contribution is 2.39. The average molecular weight is 474 g/mol. The van der Waals surface area contributed by atoms with Crippen molar-refractivity contribution < 1.29 is 13.9 Å².